The van der Waals surface area contributed by atoms with Crippen molar-refractivity contribution < 1.29 is 0 Å². The molecule has 2 rings (SSSR count). The highest BCUT2D eigenvalue weighted by Crippen LogP contribution is 2.23. The predicted molar refractivity (Wildman–Crippen MR) is 133 cm³/mol. The normalized spacial score (nSPS) is 11.0. The molecule has 0 saturated heterocycles. The molecule has 0 heterocycles. The summed E-state index contributed by atoms with van der Waals surface area (Å²) < 4.78 is 0. The molecule has 2 heteroatoms. The number of aryl methyl sites for hydroxylation is 2. The summed E-state index contributed by atoms with van der Waals surface area (Å²) in [5.41, 5.74) is 4.92. The van der Waals surface area contributed by atoms with Crippen LogP contribution in [0.25, 0.3) is 0 Å². The number of benzene rings is 2. The average molecular weight is 409 g/mol. The minimum absolute atomic E-state index is 1.05. The third kappa shape index (κ3) is 9.34. The number of nitrogens with zero attached hydrogens (tertiary/aromatic N) is 1. The molecular weight excluding hydrogens is 364 g/mol. The molecular formula is C28H44N2. The van der Waals surface area contributed by atoms with Crippen molar-refractivity contribution in [3.63, 3.8) is 0 Å². The van der Waals surface area contributed by atoms with E-state index in [1.807, 2.05) is 0 Å². The Morgan fingerprint density at radius 2 is 0.833 bits per heavy atom. The quantitative estimate of drug-likeness (QED) is 0.171. The molecule has 30 heavy (non-hydrogen) atoms. The van der Waals surface area contributed by atoms with Crippen molar-refractivity contribution in [2.24, 2.45) is 5.84 Å². The van der Waals surface area contributed by atoms with Gasteiger partial charge in [-0.05, 0) is 61.1 Å². The van der Waals surface area contributed by atoms with Gasteiger partial charge in [-0.3, -0.25) is 5.01 Å². The minimum Gasteiger partial charge on any atom is -0.280 e. The van der Waals surface area contributed by atoms with E-state index in [1.54, 1.807) is 5.01 Å². The molecule has 0 fully saturated rings. The van der Waals surface area contributed by atoms with Gasteiger partial charge in [-0.15, -0.1) is 0 Å². The zero-order valence-corrected chi connectivity index (χ0v) is 19.5. The molecule has 0 aromatic heterocycles. The lowest BCUT2D eigenvalue weighted by Crippen LogP contribution is -2.24. The van der Waals surface area contributed by atoms with Gasteiger partial charge in [0.1, 0.15) is 0 Å². The van der Waals surface area contributed by atoms with Gasteiger partial charge in [-0.2, -0.15) is 0 Å². The van der Waals surface area contributed by atoms with E-state index >= 15 is 0 Å². The Hall–Kier alpha value is -1.80. The van der Waals surface area contributed by atoms with Crippen LogP contribution in [0.4, 0.5) is 11.4 Å². The van der Waals surface area contributed by atoms with E-state index in [4.69, 9.17) is 5.84 Å². The molecule has 0 atom stereocenters. The van der Waals surface area contributed by atoms with Crippen molar-refractivity contribution in [1.29, 1.82) is 0 Å². The van der Waals surface area contributed by atoms with Gasteiger partial charge in [-0.25, -0.2) is 5.84 Å². The summed E-state index contributed by atoms with van der Waals surface area (Å²) in [6.45, 7) is 4.54. The summed E-state index contributed by atoms with van der Waals surface area (Å²) in [4.78, 5) is 0. The number of rotatable bonds is 16. The van der Waals surface area contributed by atoms with Crippen LogP contribution in [0.1, 0.15) is 102 Å². The second-order valence-electron chi connectivity index (χ2n) is 8.74. The molecule has 2 nitrogen and oxygen atoms in total. The molecule has 0 amide bonds. The van der Waals surface area contributed by atoms with E-state index < -0.39 is 0 Å². The Kier molecular flexibility index (Phi) is 12.3. The Bertz CT molecular complexity index is 601. The molecule has 0 radical (unpaired) electrons. The van der Waals surface area contributed by atoms with E-state index in [0.29, 0.717) is 0 Å². The summed E-state index contributed by atoms with van der Waals surface area (Å²) in [5, 5.41) is 1.79. The molecule has 2 N–H and O–H groups in total. The molecule has 0 aliphatic carbocycles. The Morgan fingerprint density at radius 1 is 0.500 bits per heavy atom. The highest BCUT2D eigenvalue weighted by atomic mass is 15.4. The van der Waals surface area contributed by atoms with Crippen LogP contribution in [-0.4, -0.2) is 0 Å². The fourth-order valence-electron chi connectivity index (χ4n) is 4.01. The summed E-state index contributed by atoms with van der Waals surface area (Å²) in [7, 11) is 0. The number of hydrazine groups is 1. The van der Waals surface area contributed by atoms with E-state index in [-0.39, 0.29) is 0 Å². The summed E-state index contributed by atoms with van der Waals surface area (Å²) in [6, 6.07) is 17.5. The van der Waals surface area contributed by atoms with E-state index in [1.165, 1.54) is 101 Å². The third-order valence-corrected chi connectivity index (χ3v) is 6.07. The molecule has 0 bridgehead atoms. The van der Waals surface area contributed by atoms with E-state index in [9.17, 15) is 0 Å². The van der Waals surface area contributed by atoms with Gasteiger partial charge in [-0.1, -0.05) is 102 Å². The number of nitrogens with two attached hydrogens (primary N) is 1. The zero-order valence-electron chi connectivity index (χ0n) is 19.5. The van der Waals surface area contributed by atoms with Crippen molar-refractivity contribution >= 4 is 11.4 Å². The maximum atomic E-state index is 6.39. The summed E-state index contributed by atoms with van der Waals surface area (Å²) in [6.07, 6.45) is 18.5. The molecule has 0 spiro atoms. The first-order valence-electron chi connectivity index (χ1n) is 12.5. The predicted octanol–water partition coefficient (Wildman–Crippen LogP) is 8.50. The van der Waals surface area contributed by atoms with Crippen molar-refractivity contribution in [2.75, 3.05) is 5.01 Å². The van der Waals surface area contributed by atoms with Crippen LogP contribution in [0.5, 0.6) is 0 Å². The van der Waals surface area contributed by atoms with Crippen molar-refractivity contribution in [3.8, 4) is 0 Å². The van der Waals surface area contributed by atoms with E-state index in [0.717, 1.165) is 11.4 Å². The highest BCUT2D eigenvalue weighted by molar-refractivity contribution is 5.62. The van der Waals surface area contributed by atoms with Gasteiger partial charge in [0.2, 0.25) is 0 Å². The second kappa shape index (κ2) is 15.1. The van der Waals surface area contributed by atoms with Gasteiger partial charge in [0.25, 0.3) is 0 Å². The smallest absolute Gasteiger partial charge is 0.0575 e. The average Bonchev–Trinajstić information content (AvgIpc) is 2.79. The lowest BCUT2D eigenvalue weighted by Gasteiger charge is -2.19. The Morgan fingerprint density at radius 3 is 1.20 bits per heavy atom. The standard InChI is InChI=1S/C28H44N2/c1-3-5-7-9-11-13-15-25-17-21-27(22-18-25)30(29)28-23-19-26(20-24-28)16-14-12-10-8-6-4-2/h17-24H,3-16,29H2,1-2H3. The number of hydrogen-bond acceptors (Lipinski definition) is 2. The maximum Gasteiger partial charge on any atom is 0.0575 e. The molecule has 0 unspecified atom stereocenters. The highest BCUT2D eigenvalue weighted by Gasteiger charge is 2.05. The van der Waals surface area contributed by atoms with Gasteiger partial charge in [0.15, 0.2) is 0 Å². The van der Waals surface area contributed by atoms with Crippen LogP contribution in [0.3, 0.4) is 0 Å². The topological polar surface area (TPSA) is 29.3 Å². The second-order valence-corrected chi connectivity index (χ2v) is 8.74. The summed E-state index contributed by atoms with van der Waals surface area (Å²) in [5.74, 6) is 6.39. The van der Waals surface area contributed by atoms with E-state index in [2.05, 4.69) is 62.4 Å². The Labute approximate surface area is 185 Å². The molecule has 0 aliphatic heterocycles. The van der Waals surface area contributed by atoms with Crippen LogP contribution >= 0.6 is 0 Å². The molecule has 166 valence electrons. The Balaban J connectivity index is 1.74. The first-order chi connectivity index (χ1) is 14.7. The monoisotopic (exact) mass is 408 g/mol. The zero-order chi connectivity index (χ0) is 21.4. The van der Waals surface area contributed by atoms with Gasteiger partial charge in [0, 0.05) is 0 Å². The van der Waals surface area contributed by atoms with Crippen molar-refractivity contribution in [1.82, 2.24) is 0 Å². The number of anilines is 2. The molecule has 2 aromatic carbocycles. The van der Waals surface area contributed by atoms with Crippen LogP contribution in [0.2, 0.25) is 0 Å². The number of unbranched alkanes of at least 4 members (excludes halogenated alkanes) is 10. The van der Waals surface area contributed by atoms with Crippen LogP contribution in [-0.2, 0) is 12.8 Å². The largest absolute Gasteiger partial charge is 0.280 e. The lowest BCUT2D eigenvalue weighted by molar-refractivity contribution is 0.607. The first kappa shape index (κ1) is 24.5. The van der Waals surface area contributed by atoms with Crippen LogP contribution < -0.4 is 10.9 Å². The SMILES string of the molecule is CCCCCCCCc1ccc(N(N)c2ccc(CCCCCCCC)cc2)cc1. The fraction of sp³-hybridized carbons (Fsp3) is 0.571. The maximum absolute atomic E-state index is 6.39. The molecule has 2 aromatic rings. The van der Waals surface area contributed by atoms with Crippen LogP contribution in [0, 0.1) is 0 Å². The van der Waals surface area contributed by atoms with Crippen molar-refractivity contribution in [2.45, 2.75) is 104 Å². The van der Waals surface area contributed by atoms with Gasteiger partial charge < -0.3 is 0 Å². The first-order valence-corrected chi connectivity index (χ1v) is 12.5. The number of hydrogen-bond donors (Lipinski definition) is 1. The third-order valence-electron chi connectivity index (χ3n) is 6.07. The van der Waals surface area contributed by atoms with Crippen molar-refractivity contribution in [3.05, 3.63) is 59.7 Å². The molecule has 0 saturated carbocycles. The minimum atomic E-state index is 1.05. The fourth-order valence-corrected chi connectivity index (χ4v) is 4.01. The van der Waals surface area contributed by atoms with Gasteiger partial charge in [0.05, 0.1) is 11.4 Å². The van der Waals surface area contributed by atoms with Gasteiger partial charge >= 0.3 is 0 Å². The molecule has 0 aliphatic rings. The van der Waals surface area contributed by atoms with Crippen LogP contribution in [0.15, 0.2) is 48.5 Å². The lowest BCUT2D eigenvalue weighted by atomic mass is 10.0. The summed E-state index contributed by atoms with van der Waals surface area (Å²) >= 11 is 0.